The number of benzene rings is 1. The summed E-state index contributed by atoms with van der Waals surface area (Å²) in [5.41, 5.74) is 3.13. The molecule has 2 aromatic rings. The van der Waals surface area contributed by atoms with Gasteiger partial charge in [-0.15, -0.1) is 11.3 Å². The molecule has 0 bridgehead atoms. The van der Waals surface area contributed by atoms with Crippen molar-refractivity contribution < 1.29 is 9.53 Å². The molecule has 0 saturated heterocycles. The minimum atomic E-state index is -0.157. The highest BCUT2D eigenvalue weighted by Crippen LogP contribution is 2.16. The Morgan fingerprint density at radius 1 is 1.47 bits per heavy atom. The van der Waals surface area contributed by atoms with Crippen LogP contribution in [-0.4, -0.2) is 18.0 Å². The summed E-state index contributed by atoms with van der Waals surface area (Å²) in [6, 6.07) is 7.13. The van der Waals surface area contributed by atoms with Crippen LogP contribution in [0, 0.1) is 0 Å². The van der Waals surface area contributed by atoms with Gasteiger partial charge in [-0.2, -0.15) is 0 Å². The highest BCUT2D eigenvalue weighted by molar-refractivity contribution is 7.07. The maximum atomic E-state index is 11.9. The van der Waals surface area contributed by atoms with Crippen LogP contribution in [0.15, 0.2) is 35.2 Å². The standard InChI is InChI=1S/C12H12N2O2S/c1-16-11-5-3-2-4-10(11)12(15)13-6-9-7-17-8-14-9/h2-5,7-8H,6H2,1H3,(H,13,15). The number of para-hydroxylation sites is 1. The second-order valence-corrected chi connectivity index (χ2v) is 4.08. The molecule has 0 saturated carbocycles. The summed E-state index contributed by atoms with van der Waals surface area (Å²) in [6.07, 6.45) is 0. The van der Waals surface area contributed by atoms with Crippen LogP contribution in [0.5, 0.6) is 5.75 Å². The average Bonchev–Trinajstić information content (AvgIpc) is 2.89. The Morgan fingerprint density at radius 3 is 3.00 bits per heavy atom. The van der Waals surface area contributed by atoms with Gasteiger partial charge in [0.25, 0.3) is 5.91 Å². The van der Waals surface area contributed by atoms with E-state index in [0.717, 1.165) is 5.69 Å². The normalized spacial score (nSPS) is 9.94. The van der Waals surface area contributed by atoms with E-state index in [1.54, 1.807) is 30.8 Å². The van der Waals surface area contributed by atoms with Gasteiger partial charge in [0.2, 0.25) is 0 Å². The molecule has 1 aromatic heterocycles. The third kappa shape index (κ3) is 2.82. The van der Waals surface area contributed by atoms with Crippen LogP contribution >= 0.6 is 11.3 Å². The van der Waals surface area contributed by atoms with E-state index in [1.165, 1.54) is 11.3 Å². The van der Waals surface area contributed by atoms with E-state index >= 15 is 0 Å². The van der Waals surface area contributed by atoms with E-state index in [4.69, 9.17) is 4.74 Å². The first-order chi connectivity index (χ1) is 8.31. The van der Waals surface area contributed by atoms with Crippen LogP contribution in [0.3, 0.4) is 0 Å². The minimum Gasteiger partial charge on any atom is -0.496 e. The zero-order chi connectivity index (χ0) is 12.1. The Labute approximate surface area is 103 Å². The minimum absolute atomic E-state index is 0.157. The molecule has 0 aliphatic heterocycles. The first-order valence-corrected chi connectivity index (χ1v) is 6.04. The fourth-order valence-electron chi connectivity index (χ4n) is 1.42. The predicted molar refractivity (Wildman–Crippen MR) is 66.3 cm³/mol. The maximum Gasteiger partial charge on any atom is 0.255 e. The highest BCUT2D eigenvalue weighted by atomic mass is 32.1. The smallest absolute Gasteiger partial charge is 0.255 e. The fourth-order valence-corrected chi connectivity index (χ4v) is 1.98. The van der Waals surface area contributed by atoms with Crippen LogP contribution < -0.4 is 10.1 Å². The van der Waals surface area contributed by atoms with Crippen molar-refractivity contribution in [2.45, 2.75) is 6.54 Å². The van der Waals surface area contributed by atoms with Gasteiger partial charge in [0.05, 0.1) is 30.4 Å². The molecule has 5 heteroatoms. The molecule has 0 spiro atoms. The molecule has 1 amide bonds. The summed E-state index contributed by atoms with van der Waals surface area (Å²) >= 11 is 1.51. The van der Waals surface area contributed by atoms with Gasteiger partial charge in [0.15, 0.2) is 0 Å². The lowest BCUT2D eigenvalue weighted by atomic mass is 10.2. The number of hydrogen-bond donors (Lipinski definition) is 1. The van der Waals surface area contributed by atoms with Crippen molar-refractivity contribution in [1.82, 2.24) is 10.3 Å². The molecule has 0 aliphatic carbocycles. The number of thiazole rings is 1. The monoisotopic (exact) mass is 248 g/mol. The summed E-state index contributed by atoms with van der Waals surface area (Å²) in [7, 11) is 1.55. The van der Waals surface area contributed by atoms with Crippen molar-refractivity contribution in [2.75, 3.05) is 7.11 Å². The Kier molecular flexibility index (Phi) is 3.72. The summed E-state index contributed by atoms with van der Waals surface area (Å²) in [5, 5.41) is 4.71. The van der Waals surface area contributed by atoms with E-state index in [9.17, 15) is 4.79 Å². The van der Waals surface area contributed by atoms with Crippen molar-refractivity contribution in [3.8, 4) is 5.75 Å². The zero-order valence-electron chi connectivity index (χ0n) is 9.34. The van der Waals surface area contributed by atoms with E-state index in [0.29, 0.717) is 17.9 Å². The molecule has 88 valence electrons. The fraction of sp³-hybridized carbons (Fsp3) is 0.167. The second-order valence-electron chi connectivity index (χ2n) is 3.36. The van der Waals surface area contributed by atoms with E-state index < -0.39 is 0 Å². The Bertz CT molecular complexity index is 497. The van der Waals surface area contributed by atoms with Gasteiger partial charge >= 0.3 is 0 Å². The number of methoxy groups -OCH3 is 1. The van der Waals surface area contributed by atoms with Crippen LogP contribution in [0.4, 0.5) is 0 Å². The summed E-state index contributed by atoms with van der Waals surface area (Å²) < 4.78 is 5.13. The van der Waals surface area contributed by atoms with Crippen molar-refractivity contribution in [3.63, 3.8) is 0 Å². The number of rotatable bonds is 4. The summed E-state index contributed by atoms with van der Waals surface area (Å²) in [4.78, 5) is 16.0. The van der Waals surface area contributed by atoms with Gasteiger partial charge in [0, 0.05) is 5.38 Å². The van der Waals surface area contributed by atoms with E-state index in [-0.39, 0.29) is 5.91 Å². The Morgan fingerprint density at radius 2 is 2.29 bits per heavy atom. The number of nitrogens with zero attached hydrogens (tertiary/aromatic N) is 1. The molecule has 1 heterocycles. The lowest BCUT2D eigenvalue weighted by molar-refractivity contribution is 0.0947. The molecular weight excluding hydrogens is 236 g/mol. The molecule has 2 rings (SSSR count). The molecule has 17 heavy (non-hydrogen) atoms. The lowest BCUT2D eigenvalue weighted by Crippen LogP contribution is -2.23. The number of nitrogens with one attached hydrogen (secondary N) is 1. The second kappa shape index (κ2) is 5.45. The maximum absolute atomic E-state index is 11.9. The lowest BCUT2D eigenvalue weighted by Gasteiger charge is -2.07. The largest absolute Gasteiger partial charge is 0.496 e. The van der Waals surface area contributed by atoms with Crippen molar-refractivity contribution in [1.29, 1.82) is 0 Å². The molecule has 0 radical (unpaired) electrons. The summed E-state index contributed by atoms with van der Waals surface area (Å²) in [5.74, 6) is 0.415. The van der Waals surface area contributed by atoms with Gasteiger partial charge in [0.1, 0.15) is 5.75 Å². The van der Waals surface area contributed by atoms with Gasteiger partial charge < -0.3 is 10.1 Å². The van der Waals surface area contributed by atoms with Crippen LogP contribution in [-0.2, 0) is 6.54 Å². The van der Waals surface area contributed by atoms with Gasteiger partial charge in [-0.1, -0.05) is 12.1 Å². The molecule has 4 nitrogen and oxygen atoms in total. The molecule has 0 fully saturated rings. The number of hydrogen-bond acceptors (Lipinski definition) is 4. The van der Waals surface area contributed by atoms with Crippen molar-refractivity contribution >= 4 is 17.2 Å². The van der Waals surface area contributed by atoms with Crippen LogP contribution in [0.1, 0.15) is 16.1 Å². The molecule has 0 unspecified atom stereocenters. The average molecular weight is 248 g/mol. The number of carbonyl (C=O) groups is 1. The van der Waals surface area contributed by atoms with Gasteiger partial charge in [-0.05, 0) is 12.1 Å². The first kappa shape index (κ1) is 11.6. The summed E-state index contributed by atoms with van der Waals surface area (Å²) in [6.45, 7) is 0.431. The van der Waals surface area contributed by atoms with Gasteiger partial charge in [-0.3, -0.25) is 4.79 Å². The third-order valence-electron chi connectivity index (χ3n) is 2.27. The Balaban J connectivity index is 2.04. The molecular formula is C12H12N2O2S. The highest BCUT2D eigenvalue weighted by Gasteiger charge is 2.10. The predicted octanol–water partition coefficient (Wildman–Crippen LogP) is 2.08. The molecule has 0 aliphatic rings. The van der Waals surface area contributed by atoms with E-state index in [2.05, 4.69) is 10.3 Å². The van der Waals surface area contributed by atoms with Crippen LogP contribution in [0.25, 0.3) is 0 Å². The molecule has 1 aromatic carbocycles. The number of amides is 1. The number of carbonyl (C=O) groups excluding carboxylic acids is 1. The SMILES string of the molecule is COc1ccccc1C(=O)NCc1cscn1. The zero-order valence-corrected chi connectivity index (χ0v) is 10.2. The van der Waals surface area contributed by atoms with Crippen molar-refractivity contribution in [2.24, 2.45) is 0 Å². The van der Waals surface area contributed by atoms with Gasteiger partial charge in [-0.25, -0.2) is 4.98 Å². The molecule has 0 atom stereocenters. The molecule has 1 N–H and O–H groups in total. The Hall–Kier alpha value is -1.88. The third-order valence-corrected chi connectivity index (χ3v) is 2.90. The van der Waals surface area contributed by atoms with E-state index in [1.807, 2.05) is 11.4 Å². The number of ether oxygens (including phenoxy) is 1. The quantitative estimate of drug-likeness (QED) is 0.901. The van der Waals surface area contributed by atoms with Crippen LogP contribution in [0.2, 0.25) is 0 Å². The first-order valence-electron chi connectivity index (χ1n) is 5.09. The topological polar surface area (TPSA) is 51.2 Å². The number of aromatic nitrogens is 1. The van der Waals surface area contributed by atoms with Crippen molar-refractivity contribution in [3.05, 3.63) is 46.4 Å².